The number of nitrogens with zero attached hydrogens (tertiary/aromatic N) is 3. The number of rotatable bonds is 10. The molecule has 0 spiro atoms. The Morgan fingerprint density at radius 3 is 2.81 bits per heavy atom. The zero-order chi connectivity index (χ0) is 21.3. The molecular formula is C23H29N5O2S. The summed E-state index contributed by atoms with van der Waals surface area (Å²) in [5, 5.41) is 3.19. The summed E-state index contributed by atoms with van der Waals surface area (Å²) in [6, 6.07) is 8.00. The minimum atomic E-state index is -0.120. The summed E-state index contributed by atoms with van der Waals surface area (Å²) >= 11 is 1.80. The number of aromatic nitrogens is 3. The van der Waals surface area contributed by atoms with Crippen LogP contribution in [0.25, 0.3) is 0 Å². The molecule has 0 saturated carbocycles. The summed E-state index contributed by atoms with van der Waals surface area (Å²) in [5.74, 6) is 4.31. The summed E-state index contributed by atoms with van der Waals surface area (Å²) in [5.41, 5.74) is 1.50. The van der Waals surface area contributed by atoms with Gasteiger partial charge in [-0.15, -0.1) is 0 Å². The normalized spacial score (nSPS) is 14.6. The highest BCUT2D eigenvalue weighted by atomic mass is 32.2. The fraction of sp³-hybridized carbons (Fsp3) is 0.435. The van der Waals surface area contributed by atoms with Crippen molar-refractivity contribution in [3.8, 4) is 0 Å². The molecule has 0 unspecified atom stereocenters. The number of H-pyrrole nitrogens is 1. The Morgan fingerprint density at radius 1 is 1.13 bits per heavy atom. The number of hydrogen-bond donors (Lipinski definition) is 2. The summed E-state index contributed by atoms with van der Waals surface area (Å²) in [6.45, 7) is 3.99. The van der Waals surface area contributed by atoms with E-state index in [0.717, 1.165) is 41.7 Å². The van der Waals surface area contributed by atoms with Crippen molar-refractivity contribution in [3.63, 3.8) is 0 Å². The van der Waals surface area contributed by atoms with Crippen LogP contribution in [-0.4, -0.2) is 45.2 Å². The average molecular weight is 440 g/mol. The van der Waals surface area contributed by atoms with Crippen LogP contribution in [0.4, 0.5) is 5.95 Å². The number of aromatic amines is 1. The Labute approximate surface area is 186 Å². The molecule has 0 radical (unpaired) electrons. The number of anilines is 1. The maximum absolute atomic E-state index is 12.3. The highest BCUT2D eigenvalue weighted by molar-refractivity contribution is 7.98. The molecule has 0 atom stereocenters. The molecule has 1 fully saturated rings. The van der Waals surface area contributed by atoms with Crippen molar-refractivity contribution in [3.05, 3.63) is 75.9 Å². The molecule has 0 amide bonds. The van der Waals surface area contributed by atoms with Crippen molar-refractivity contribution < 1.29 is 4.42 Å². The van der Waals surface area contributed by atoms with E-state index in [1.807, 2.05) is 12.1 Å². The minimum absolute atomic E-state index is 0.120. The monoisotopic (exact) mass is 439 g/mol. The third-order valence-corrected chi connectivity index (χ3v) is 6.30. The van der Waals surface area contributed by atoms with Crippen LogP contribution in [0.15, 0.2) is 52.1 Å². The minimum Gasteiger partial charge on any atom is -0.464 e. The van der Waals surface area contributed by atoms with Gasteiger partial charge in [-0.3, -0.25) is 19.7 Å². The standard InChI is InChI=1S/C23H29N5O2S/c29-22-19(13-18-5-4-8-24-14-18)15-26-23(27-22)25-9-12-31-17-21-7-6-20(30-21)16-28-10-2-1-3-11-28/h4-8,14-15H,1-3,9-13,16-17H2,(H2,25,26,27,29). The lowest BCUT2D eigenvalue weighted by molar-refractivity contribution is 0.204. The van der Waals surface area contributed by atoms with Gasteiger partial charge in [-0.2, -0.15) is 11.8 Å². The van der Waals surface area contributed by atoms with Crippen molar-refractivity contribution in [1.29, 1.82) is 0 Å². The summed E-state index contributed by atoms with van der Waals surface area (Å²) in [6.07, 6.45) is 9.58. The fourth-order valence-corrected chi connectivity index (χ4v) is 4.44. The molecule has 2 N–H and O–H groups in total. The van der Waals surface area contributed by atoms with Gasteiger partial charge in [0.25, 0.3) is 5.56 Å². The van der Waals surface area contributed by atoms with E-state index in [0.29, 0.717) is 17.9 Å². The maximum atomic E-state index is 12.3. The second kappa shape index (κ2) is 11.2. The molecule has 1 saturated heterocycles. The molecule has 0 aliphatic carbocycles. The lowest BCUT2D eigenvalue weighted by Gasteiger charge is -2.25. The van der Waals surface area contributed by atoms with E-state index in [9.17, 15) is 4.79 Å². The SMILES string of the molecule is O=c1[nH]c(NCCSCc2ccc(CN3CCCCC3)o2)ncc1Cc1cccnc1. The van der Waals surface area contributed by atoms with Crippen LogP contribution >= 0.6 is 11.8 Å². The highest BCUT2D eigenvalue weighted by Crippen LogP contribution is 2.18. The first-order valence-electron chi connectivity index (χ1n) is 10.8. The summed E-state index contributed by atoms with van der Waals surface area (Å²) in [7, 11) is 0. The number of pyridine rings is 1. The van der Waals surface area contributed by atoms with E-state index < -0.39 is 0 Å². The van der Waals surface area contributed by atoms with Gasteiger partial charge >= 0.3 is 0 Å². The van der Waals surface area contributed by atoms with E-state index in [4.69, 9.17) is 4.42 Å². The number of thioether (sulfide) groups is 1. The van der Waals surface area contributed by atoms with Crippen molar-refractivity contribution in [1.82, 2.24) is 19.9 Å². The average Bonchev–Trinajstić information content (AvgIpc) is 3.24. The first kappa shape index (κ1) is 21.6. The third-order valence-electron chi connectivity index (χ3n) is 5.32. The van der Waals surface area contributed by atoms with E-state index in [1.165, 1.54) is 32.4 Å². The molecule has 3 aromatic rings. The number of nitrogens with one attached hydrogen (secondary N) is 2. The first-order valence-corrected chi connectivity index (χ1v) is 12.0. The van der Waals surface area contributed by atoms with Crippen LogP contribution < -0.4 is 10.9 Å². The van der Waals surface area contributed by atoms with Crippen molar-refractivity contribution in [2.24, 2.45) is 0 Å². The Kier molecular flexibility index (Phi) is 7.79. The van der Waals surface area contributed by atoms with Crippen molar-refractivity contribution in [2.45, 2.75) is 38.0 Å². The first-order chi connectivity index (χ1) is 15.3. The molecule has 31 heavy (non-hydrogen) atoms. The van der Waals surface area contributed by atoms with E-state index in [2.05, 4.69) is 37.3 Å². The molecule has 4 rings (SSSR count). The van der Waals surface area contributed by atoms with Crippen LogP contribution in [0.3, 0.4) is 0 Å². The number of likely N-dealkylation sites (tertiary alicyclic amines) is 1. The second-order valence-corrected chi connectivity index (χ2v) is 8.91. The van der Waals surface area contributed by atoms with Crippen molar-refractivity contribution in [2.75, 3.05) is 30.7 Å². The lowest BCUT2D eigenvalue weighted by atomic mass is 10.1. The molecule has 0 bridgehead atoms. The van der Waals surface area contributed by atoms with Crippen molar-refractivity contribution >= 4 is 17.7 Å². The molecule has 8 heteroatoms. The number of furan rings is 1. The molecule has 1 aliphatic heterocycles. The van der Waals surface area contributed by atoms with Gasteiger partial charge in [0.15, 0.2) is 0 Å². The topological polar surface area (TPSA) is 87.0 Å². The number of piperidine rings is 1. The van der Waals surface area contributed by atoms with Gasteiger partial charge in [0.05, 0.1) is 12.3 Å². The molecule has 164 valence electrons. The predicted octanol–water partition coefficient (Wildman–Crippen LogP) is 3.68. The lowest BCUT2D eigenvalue weighted by Crippen LogP contribution is -2.28. The van der Waals surface area contributed by atoms with Crippen LogP contribution in [-0.2, 0) is 18.7 Å². The number of hydrogen-bond acceptors (Lipinski definition) is 7. The van der Waals surface area contributed by atoms with Gasteiger partial charge in [0.2, 0.25) is 5.95 Å². The summed E-state index contributed by atoms with van der Waals surface area (Å²) < 4.78 is 5.98. The molecule has 1 aliphatic rings. The van der Waals surface area contributed by atoms with Crippen LogP contribution in [0.2, 0.25) is 0 Å². The molecular weight excluding hydrogens is 410 g/mol. The maximum Gasteiger partial charge on any atom is 0.255 e. The zero-order valence-electron chi connectivity index (χ0n) is 17.7. The van der Waals surface area contributed by atoms with Gasteiger partial charge < -0.3 is 9.73 Å². The van der Waals surface area contributed by atoms with Crippen LogP contribution in [0, 0.1) is 0 Å². The van der Waals surface area contributed by atoms with Crippen LogP contribution in [0.5, 0.6) is 0 Å². The van der Waals surface area contributed by atoms with Crippen LogP contribution in [0.1, 0.15) is 41.9 Å². The van der Waals surface area contributed by atoms with E-state index in [-0.39, 0.29) is 5.56 Å². The Hall–Kier alpha value is -2.58. The second-order valence-electron chi connectivity index (χ2n) is 7.81. The Balaban J connectivity index is 1.16. The predicted molar refractivity (Wildman–Crippen MR) is 124 cm³/mol. The largest absolute Gasteiger partial charge is 0.464 e. The van der Waals surface area contributed by atoms with E-state index >= 15 is 0 Å². The fourth-order valence-electron chi connectivity index (χ4n) is 3.70. The third kappa shape index (κ3) is 6.70. The molecule has 7 nitrogen and oxygen atoms in total. The highest BCUT2D eigenvalue weighted by Gasteiger charge is 2.12. The van der Waals surface area contributed by atoms with E-state index in [1.54, 1.807) is 30.4 Å². The van der Waals surface area contributed by atoms with Gasteiger partial charge in [0, 0.05) is 42.9 Å². The Morgan fingerprint density at radius 2 is 2.00 bits per heavy atom. The summed E-state index contributed by atoms with van der Waals surface area (Å²) in [4.78, 5) is 26.0. The Bertz CT molecular complexity index is 998. The van der Waals surface area contributed by atoms with Gasteiger partial charge in [-0.05, 0) is 49.7 Å². The molecule has 4 heterocycles. The zero-order valence-corrected chi connectivity index (χ0v) is 18.5. The van der Waals surface area contributed by atoms with Gasteiger partial charge in [-0.1, -0.05) is 12.5 Å². The van der Waals surface area contributed by atoms with Gasteiger partial charge in [-0.25, -0.2) is 4.98 Å². The molecule has 0 aromatic carbocycles. The smallest absolute Gasteiger partial charge is 0.255 e. The quantitative estimate of drug-likeness (QED) is 0.466. The van der Waals surface area contributed by atoms with Gasteiger partial charge in [0.1, 0.15) is 11.5 Å². The molecule has 3 aromatic heterocycles.